The van der Waals surface area contributed by atoms with Crippen LogP contribution in [0.1, 0.15) is 42.3 Å². The molecule has 1 aromatic carbocycles. The summed E-state index contributed by atoms with van der Waals surface area (Å²) in [6.07, 6.45) is 0. The van der Waals surface area contributed by atoms with E-state index in [1.165, 1.54) is 0 Å². The molecular weight excluding hydrogens is 198 g/mol. The summed E-state index contributed by atoms with van der Waals surface area (Å²) < 4.78 is 0. The van der Waals surface area contributed by atoms with Gasteiger partial charge < -0.3 is 5.32 Å². The summed E-state index contributed by atoms with van der Waals surface area (Å²) >= 11 is 0. The van der Waals surface area contributed by atoms with Crippen LogP contribution in [-0.4, -0.2) is 17.9 Å². The second kappa shape index (κ2) is 4.79. The molecule has 16 heavy (non-hydrogen) atoms. The van der Waals surface area contributed by atoms with E-state index in [0.717, 1.165) is 23.2 Å². The number of rotatable bonds is 4. The minimum Gasteiger partial charge on any atom is -0.305 e. The Balaban J connectivity index is 3.04. The fourth-order valence-corrected chi connectivity index (χ4v) is 1.99. The first kappa shape index (κ1) is 12.9. The Bertz CT molecular complexity index is 373. The highest BCUT2D eigenvalue weighted by molar-refractivity contribution is 6.02. The predicted molar refractivity (Wildman–Crippen MR) is 68.0 cm³/mol. The largest absolute Gasteiger partial charge is 0.305 e. The maximum Gasteiger partial charge on any atom is 0.182 e. The average molecular weight is 219 g/mol. The van der Waals surface area contributed by atoms with Crippen molar-refractivity contribution in [2.24, 2.45) is 0 Å². The van der Waals surface area contributed by atoms with E-state index in [-0.39, 0.29) is 5.78 Å². The monoisotopic (exact) mass is 219 g/mol. The highest BCUT2D eigenvalue weighted by atomic mass is 16.1. The van der Waals surface area contributed by atoms with Crippen molar-refractivity contribution in [3.63, 3.8) is 0 Å². The number of likely N-dealkylation sites (N-methyl/N-ethyl adjacent to an activating group) is 1. The molecule has 0 saturated heterocycles. The lowest BCUT2D eigenvalue weighted by atomic mass is 9.91. The summed E-state index contributed by atoms with van der Waals surface area (Å²) in [6, 6.07) is 5.99. The molecule has 0 aliphatic rings. The minimum atomic E-state index is -0.491. The van der Waals surface area contributed by atoms with Crippen LogP contribution in [0, 0.1) is 13.8 Å². The molecule has 88 valence electrons. The molecule has 2 nitrogen and oxygen atoms in total. The topological polar surface area (TPSA) is 29.1 Å². The van der Waals surface area contributed by atoms with Crippen molar-refractivity contribution in [2.75, 3.05) is 6.54 Å². The Morgan fingerprint density at radius 3 is 2.12 bits per heavy atom. The fraction of sp³-hybridized carbons (Fsp3) is 0.500. The number of benzene rings is 1. The third kappa shape index (κ3) is 2.92. The maximum absolute atomic E-state index is 12.3. The number of ketones is 1. The third-order valence-corrected chi connectivity index (χ3v) is 2.67. The van der Waals surface area contributed by atoms with Crippen LogP contribution in [0.4, 0.5) is 0 Å². The summed E-state index contributed by atoms with van der Waals surface area (Å²) in [5.74, 6) is 0.154. The van der Waals surface area contributed by atoms with Gasteiger partial charge in [-0.3, -0.25) is 4.79 Å². The predicted octanol–water partition coefficient (Wildman–Crippen LogP) is 2.87. The van der Waals surface area contributed by atoms with Gasteiger partial charge in [0.05, 0.1) is 5.54 Å². The van der Waals surface area contributed by atoms with Gasteiger partial charge in [0, 0.05) is 5.56 Å². The zero-order valence-electron chi connectivity index (χ0n) is 10.8. The van der Waals surface area contributed by atoms with Crippen molar-refractivity contribution in [1.82, 2.24) is 5.32 Å². The van der Waals surface area contributed by atoms with Crippen LogP contribution >= 0.6 is 0 Å². The average Bonchev–Trinajstić information content (AvgIpc) is 2.14. The van der Waals surface area contributed by atoms with Gasteiger partial charge in [-0.15, -0.1) is 0 Å². The molecule has 0 saturated carbocycles. The first-order valence-electron chi connectivity index (χ1n) is 5.75. The van der Waals surface area contributed by atoms with Crippen LogP contribution in [0.25, 0.3) is 0 Å². The van der Waals surface area contributed by atoms with E-state index in [9.17, 15) is 4.79 Å². The molecule has 1 rings (SSSR count). The van der Waals surface area contributed by atoms with E-state index < -0.39 is 5.54 Å². The molecule has 0 heterocycles. The highest BCUT2D eigenvalue weighted by Crippen LogP contribution is 2.16. The van der Waals surface area contributed by atoms with E-state index in [0.29, 0.717) is 0 Å². The van der Waals surface area contributed by atoms with E-state index >= 15 is 0 Å². The Morgan fingerprint density at radius 1 is 1.19 bits per heavy atom. The minimum absolute atomic E-state index is 0.154. The van der Waals surface area contributed by atoms with Crippen molar-refractivity contribution < 1.29 is 4.79 Å². The van der Waals surface area contributed by atoms with Gasteiger partial charge in [0.2, 0.25) is 0 Å². The second-order valence-electron chi connectivity index (χ2n) is 4.86. The molecule has 0 fully saturated rings. The summed E-state index contributed by atoms with van der Waals surface area (Å²) in [6.45, 7) is 10.7. The number of carbonyl (C=O) groups is 1. The van der Waals surface area contributed by atoms with Crippen molar-refractivity contribution in [1.29, 1.82) is 0 Å². The molecule has 0 aromatic heterocycles. The zero-order chi connectivity index (χ0) is 12.3. The van der Waals surface area contributed by atoms with Gasteiger partial charge in [0.25, 0.3) is 0 Å². The van der Waals surface area contributed by atoms with Crippen LogP contribution < -0.4 is 5.32 Å². The quantitative estimate of drug-likeness (QED) is 0.789. The molecule has 1 N–H and O–H groups in total. The SMILES string of the molecule is CCNC(C)(C)C(=O)c1cc(C)cc(C)c1. The molecule has 2 heteroatoms. The Morgan fingerprint density at radius 2 is 1.69 bits per heavy atom. The van der Waals surface area contributed by atoms with Gasteiger partial charge in [0.15, 0.2) is 5.78 Å². The lowest BCUT2D eigenvalue weighted by molar-refractivity contribution is 0.0884. The van der Waals surface area contributed by atoms with Crippen LogP contribution in [0.2, 0.25) is 0 Å². The van der Waals surface area contributed by atoms with Crippen molar-refractivity contribution in [2.45, 2.75) is 40.2 Å². The van der Waals surface area contributed by atoms with Crippen molar-refractivity contribution in [3.8, 4) is 0 Å². The van der Waals surface area contributed by atoms with E-state index in [1.807, 2.05) is 46.8 Å². The molecular formula is C14H21NO. The molecule has 0 bridgehead atoms. The van der Waals surface area contributed by atoms with Crippen LogP contribution in [0.15, 0.2) is 18.2 Å². The van der Waals surface area contributed by atoms with Gasteiger partial charge in [0.1, 0.15) is 0 Å². The number of Topliss-reactive ketones (excluding diaryl/α,β-unsaturated/α-hetero) is 1. The number of carbonyl (C=O) groups excluding carboxylic acids is 1. The van der Waals surface area contributed by atoms with Gasteiger partial charge in [-0.05, 0) is 46.4 Å². The number of nitrogens with one attached hydrogen (secondary N) is 1. The molecule has 0 spiro atoms. The van der Waals surface area contributed by atoms with Crippen LogP contribution in [-0.2, 0) is 0 Å². The van der Waals surface area contributed by atoms with Crippen LogP contribution in [0.3, 0.4) is 0 Å². The van der Waals surface area contributed by atoms with Gasteiger partial charge in [-0.1, -0.05) is 24.1 Å². The molecule has 0 aliphatic heterocycles. The normalized spacial score (nSPS) is 11.6. The summed E-state index contributed by atoms with van der Waals surface area (Å²) in [5.41, 5.74) is 2.57. The van der Waals surface area contributed by atoms with Crippen molar-refractivity contribution in [3.05, 3.63) is 34.9 Å². The maximum atomic E-state index is 12.3. The molecule has 0 amide bonds. The Hall–Kier alpha value is -1.15. The first-order chi connectivity index (χ1) is 7.36. The first-order valence-corrected chi connectivity index (χ1v) is 5.75. The molecule has 0 unspecified atom stereocenters. The molecule has 0 aliphatic carbocycles. The highest BCUT2D eigenvalue weighted by Gasteiger charge is 2.27. The lowest BCUT2D eigenvalue weighted by Crippen LogP contribution is -2.46. The Kier molecular flexibility index (Phi) is 3.87. The van der Waals surface area contributed by atoms with Gasteiger partial charge in [-0.2, -0.15) is 0 Å². The fourth-order valence-electron chi connectivity index (χ4n) is 1.99. The Labute approximate surface area is 98.1 Å². The van der Waals surface area contributed by atoms with Gasteiger partial charge >= 0.3 is 0 Å². The summed E-state index contributed by atoms with van der Waals surface area (Å²) in [7, 11) is 0. The molecule has 0 atom stereocenters. The second-order valence-corrected chi connectivity index (χ2v) is 4.86. The van der Waals surface area contributed by atoms with Gasteiger partial charge in [-0.25, -0.2) is 0 Å². The summed E-state index contributed by atoms with van der Waals surface area (Å²) in [4.78, 5) is 12.3. The van der Waals surface area contributed by atoms with E-state index in [2.05, 4.69) is 11.4 Å². The van der Waals surface area contributed by atoms with E-state index in [1.54, 1.807) is 0 Å². The lowest BCUT2D eigenvalue weighted by Gasteiger charge is -2.24. The summed E-state index contributed by atoms with van der Waals surface area (Å²) in [5, 5.41) is 3.21. The van der Waals surface area contributed by atoms with E-state index in [4.69, 9.17) is 0 Å². The van der Waals surface area contributed by atoms with Crippen LogP contribution in [0.5, 0.6) is 0 Å². The standard InChI is InChI=1S/C14H21NO/c1-6-15-14(4,5)13(16)12-8-10(2)7-11(3)9-12/h7-9,15H,6H2,1-5H3. The molecule has 1 aromatic rings. The third-order valence-electron chi connectivity index (χ3n) is 2.67. The number of aryl methyl sites for hydroxylation is 2. The number of hydrogen-bond donors (Lipinski definition) is 1. The smallest absolute Gasteiger partial charge is 0.182 e. The molecule has 0 radical (unpaired) electrons. The zero-order valence-corrected chi connectivity index (χ0v) is 10.8. The number of hydrogen-bond acceptors (Lipinski definition) is 2. The van der Waals surface area contributed by atoms with Crippen molar-refractivity contribution >= 4 is 5.78 Å².